The van der Waals surface area contributed by atoms with E-state index < -0.39 is 35.4 Å². The standard InChI is InChI=1S/C12H21N3O4/c1-7(9(13)16)14-11(19)15-6-4-5-12(2,3)8(15)10(17)18/h7-8H,4-6H2,1-3H3,(H2,13,16)(H,14,19)(H,17,18). The van der Waals surface area contributed by atoms with Crippen molar-refractivity contribution in [3.05, 3.63) is 0 Å². The van der Waals surface area contributed by atoms with Gasteiger partial charge in [0.1, 0.15) is 12.1 Å². The Bertz CT molecular complexity index is 394. The summed E-state index contributed by atoms with van der Waals surface area (Å²) >= 11 is 0. The van der Waals surface area contributed by atoms with Crippen molar-refractivity contribution in [1.29, 1.82) is 0 Å². The lowest BCUT2D eigenvalue weighted by Crippen LogP contribution is -2.60. The van der Waals surface area contributed by atoms with E-state index in [9.17, 15) is 19.5 Å². The minimum Gasteiger partial charge on any atom is -0.480 e. The first kappa shape index (κ1) is 15.3. The molecule has 1 fully saturated rings. The third kappa shape index (κ3) is 3.36. The highest BCUT2D eigenvalue weighted by Crippen LogP contribution is 2.35. The molecule has 1 aliphatic heterocycles. The Kier molecular flexibility index (Phi) is 4.39. The first-order chi connectivity index (χ1) is 8.66. The molecule has 19 heavy (non-hydrogen) atoms. The maximum atomic E-state index is 12.1. The van der Waals surface area contributed by atoms with Crippen LogP contribution in [-0.4, -0.2) is 46.5 Å². The summed E-state index contributed by atoms with van der Waals surface area (Å²) in [5, 5.41) is 11.7. The van der Waals surface area contributed by atoms with Crippen LogP contribution in [0.5, 0.6) is 0 Å². The lowest BCUT2D eigenvalue weighted by molar-refractivity contribution is -0.148. The van der Waals surface area contributed by atoms with Gasteiger partial charge in [-0.2, -0.15) is 0 Å². The summed E-state index contributed by atoms with van der Waals surface area (Å²) < 4.78 is 0. The Morgan fingerprint density at radius 3 is 2.47 bits per heavy atom. The molecule has 108 valence electrons. The summed E-state index contributed by atoms with van der Waals surface area (Å²) in [6, 6.07) is -2.29. The van der Waals surface area contributed by atoms with Crippen molar-refractivity contribution in [2.45, 2.75) is 45.7 Å². The van der Waals surface area contributed by atoms with E-state index in [1.54, 1.807) is 0 Å². The number of carbonyl (C=O) groups is 3. The lowest BCUT2D eigenvalue weighted by Gasteiger charge is -2.44. The van der Waals surface area contributed by atoms with Gasteiger partial charge in [0.25, 0.3) is 0 Å². The number of likely N-dealkylation sites (tertiary alicyclic amines) is 1. The van der Waals surface area contributed by atoms with Gasteiger partial charge in [-0.25, -0.2) is 9.59 Å². The number of nitrogens with zero attached hydrogens (tertiary/aromatic N) is 1. The molecule has 0 saturated carbocycles. The lowest BCUT2D eigenvalue weighted by atomic mass is 9.76. The minimum absolute atomic E-state index is 0.359. The van der Waals surface area contributed by atoms with Crippen LogP contribution in [0.2, 0.25) is 0 Å². The van der Waals surface area contributed by atoms with E-state index in [0.29, 0.717) is 6.54 Å². The zero-order valence-electron chi connectivity index (χ0n) is 11.5. The van der Waals surface area contributed by atoms with Crippen LogP contribution in [0.25, 0.3) is 0 Å². The fraction of sp³-hybridized carbons (Fsp3) is 0.750. The Morgan fingerprint density at radius 1 is 1.42 bits per heavy atom. The van der Waals surface area contributed by atoms with Crippen LogP contribution in [-0.2, 0) is 9.59 Å². The van der Waals surface area contributed by atoms with Gasteiger partial charge in [-0.05, 0) is 25.2 Å². The number of carboxylic acids is 1. The molecule has 0 radical (unpaired) electrons. The maximum absolute atomic E-state index is 12.1. The monoisotopic (exact) mass is 271 g/mol. The number of aliphatic carboxylic acids is 1. The summed E-state index contributed by atoms with van der Waals surface area (Å²) in [4.78, 5) is 35.7. The van der Waals surface area contributed by atoms with Gasteiger partial charge in [0.05, 0.1) is 0 Å². The first-order valence-corrected chi connectivity index (χ1v) is 6.26. The van der Waals surface area contributed by atoms with Crippen LogP contribution in [0.1, 0.15) is 33.6 Å². The molecule has 7 heteroatoms. The third-order valence-corrected chi connectivity index (χ3v) is 3.53. The average Bonchev–Trinajstić information content (AvgIpc) is 2.26. The second kappa shape index (κ2) is 5.46. The molecule has 0 aromatic carbocycles. The van der Waals surface area contributed by atoms with E-state index >= 15 is 0 Å². The van der Waals surface area contributed by atoms with E-state index in [4.69, 9.17) is 5.73 Å². The minimum atomic E-state index is -1.04. The van der Waals surface area contributed by atoms with E-state index in [2.05, 4.69) is 5.32 Å². The van der Waals surface area contributed by atoms with Crippen LogP contribution in [0.3, 0.4) is 0 Å². The second-order valence-electron chi connectivity index (χ2n) is 5.60. The molecule has 0 aliphatic carbocycles. The summed E-state index contributed by atoms with van der Waals surface area (Å²) in [5.41, 5.74) is 4.57. The Morgan fingerprint density at radius 2 is 2.00 bits per heavy atom. The molecule has 4 N–H and O–H groups in total. The third-order valence-electron chi connectivity index (χ3n) is 3.53. The van der Waals surface area contributed by atoms with Crippen molar-refractivity contribution >= 4 is 17.9 Å². The molecule has 1 rings (SSSR count). The van der Waals surface area contributed by atoms with Crippen molar-refractivity contribution in [3.8, 4) is 0 Å². The molecular formula is C12H21N3O4. The largest absolute Gasteiger partial charge is 0.480 e. The SMILES string of the molecule is CC(NC(=O)N1CCCC(C)(C)C1C(=O)O)C(N)=O. The number of nitrogens with two attached hydrogens (primary N) is 1. The number of hydrogen-bond acceptors (Lipinski definition) is 3. The van der Waals surface area contributed by atoms with Crippen molar-refractivity contribution in [1.82, 2.24) is 10.2 Å². The van der Waals surface area contributed by atoms with Crippen molar-refractivity contribution < 1.29 is 19.5 Å². The van der Waals surface area contributed by atoms with Gasteiger partial charge in [0, 0.05) is 6.54 Å². The molecule has 1 saturated heterocycles. The molecule has 0 aromatic rings. The second-order valence-corrected chi connectivity index (χ2v) is 5.60. The molecule has 7 nitrogen and oxygen atoms in total. The normalized spacial score (nSPS) is 23.5. The van der Waals surface area contributed by atoms with Gasteiger partial charge in [-0.3, -0.25) is 4.79 Å². The molecular weight excluding hydrogens is 250 g/mol. The number of carboxylic acid groups (broad SMARTS) is 1. The Labute approximate surface area is 112 Å². The van der Waals surface area contributed by atoms with Crippen molar-refractivity contribution in [2.75, 3.05) is 6.54 Å². The number of nitrogens with one attached hydrogen (secondary N) is 1. The van der Waals surface area contributed by atoms with Crippen molar-refractivity contribution in [3.63, 3.8) is 0 Å². The highest BCUT2D eigenvalue weighted by molar-refractivity contribution is 5.88. The fourth-order valence-electron chi connectivity index (χ4n) is 2.42. The van der Waals surface area contributed by atoms with Crippen LogP contribution in [0.15, 0.2) is 0 Å². The van der Waals surface area contributed by atoms with Gasteiger partial charge in [-0.1, -0.05) is 13.8 Å². The number of primary amides is 1. The number of piperidine rings is 1. The predicted octanol–water partition coefficient (Wildman–Crippen LogP) is 0.145. The van der Waals surface area contributed by atoms with Crippen LogP contribution >= 0.6 is 0 Å². The van der Waals surface area contributed by atoms with E-state index in [1.165, 1.54) is 11.8 Å². The molecule has 0 spiro atoms. The van der Waals surface area contributed by atoms with Gasteiger partial charge < -0.3 is 21.1 Å². The van der Waals surface area contributed by atoms with Gasteiger partial charge in [0.15, 0.2) is 0 Å². The van der Waals surface area contributed by atoms with E-state index in [1.807, 2.05) is 13.8 Å². The quantitative estimate of drug-likeness (QED) is 0.677. The summed E-state index contributed by atoms with van der Waals surface area (Å²) in [7, 11) is 0. The zero-order valence-corrected chi connectivity index (χ0v) is 11.5. The van der Waals surface area contributed by atoms with Crippen LogP contribution in [0, 0.1) is 5.41 Å². The number of urea groups is 1. The summed E-state index contributed by atoms with van der Waals surface area (Å²) in [5.74, 6) is -1.69. The van der Waals surface area contributed by atoms with Crippen molar-refractivity contribution in [2.24, 2.45) is 11.1 Å². The van der Waals surface area contributed by atoms with Crippen LogP contribution < -0.4 is 11.1 Å². The summed E-state index contributed by atoms with van der Waals surface area (Å²) in [6.07, 6.45) is 1.47. The topological polar surface area (TPSA) is 113 Å². The Balaban J connectivity index is 2.87. The number of carbonyl (C=O) groups excluding carboxylic acids is 2. The number of hydrogen-bond donors (Lipinski definition) is 3. The maximum Gasteiger partial charge on any atom is 0.327 e. The van der Waals surface area contributed by atoms with Crippen LogP contribution in [0.4, 0.5) is 4.79 Å². The molecule has 2 unspecified atom stereocenters. The fourth-order valence-corrected chi connectivity index (χ4v) is 2.42. The predicted molar refractivity (Wildman–Crippen MR) is 68.3 cm³/mol. The van der Waals surface area contributed by atoms with Gasteiger partial charge in [-0.15, -0.1) is 0 Å². The van der Waals surface area contributed by atoms with E-state index in [-0.39, 0.29) is 0 Å². The smallest absolute Gasteiger partial charge is 0.327 e. The zero-order chi connectivity index (χ0) is 14.8. The average molecular weight is 271 g/mol. The van der Waals surface area contributed by atoms with Gasteiger partial charge in [0.2, 0.25) is 5.91 Å². The van der Waals surface area contributed by atoms with E-state index in [0.717, 1.165) is 12.8 Å². The highest BCUT2D eigenvalue weighted by Gasteiger charge is 2.44. The molecule has 0 bridgehead atoms. The van der Waals surface area contributed by atoms with Gasteiger partial charge >= 0.3 is 12.0 Å². The molecule has 1 aliphatic rings. The summed E-state index contributed by atoms with van der Waals surface area (Å²) in [6.45, 7) is 5.47. The molecule has 1 heterocycles. The number of rotatable bonds is 3. The molecule has 0 aromatic heterocycles. The highest BCUT2D eigenvalue weighted by atomic mass is 16.4. The molecule has 3 amide bonds. The number of amides is 3. The Hall–Kier alpha value is -1.79. The first-order valence-electron chi connectivity index (χ1n) is 6.26. The molecule has 2 atom stereocenters.